The molecular weight excluding hydrogens is 542 g/mol. The molecule has 8 nitrogen and oxygen atoms in total. The summed E-state index contributed by atoms with van der Waals surface area (Å²) in [4.78, 5) is 36.7. The number of likely N-dealkylation sites (N-methyl/N-ethyl adjacent to an activating group) is 1. The minimum absolute atomic E-state index is 0.146. The standard InChI is InChI=1S/C32H32ClN3O5/c1-36(2)27-16-22(17-28(36)31-30(27)41-31)40-32(39)35-26-15-19(8-11-23(26)21-6-4-3-5-7-21)10-13-29(38)34-25-12-9-20(18-37)14-24(25)33/h3-9,11-12,14-15,18,22,27-28,30-31H,10,13,16-17H2,1-2H3,(H-,34,35,37,38,39)/p+1/t22-,27-,28+,30-,31+. The number of nitrogens with zero attached hydrogens (tertiary/aromatic N) is 1. The molecule has 0 saturated carbocycles. The summed E-state index contributed by atoms with van der Waals surface area (Å²) >= 11 is 6.19. The van der Waals surface area contributed by atoms with Gasteiger partial charge >= 0.3 is 6.09 Å². The van der Waals surface area contributed by atoms with Crippen LogP contribution in [0.2, 0.25) is 5.02 Å². The van der Waals surface area contributed by atoms with E-state index in [2.05, 4.69) is 24.7 Å². The van der Waals surface area contributed by atoms with Crippen molar-refractivity contribution < 1.29 is 28.3 Å². The van der Waals surface area contributed by atoms with Crippen molar-refractivity contribution in [3.05, 3.63) is 82.9 Å². The molecule has 3 aromatic carbocycles. The summed E-state index contributed by atoms with van der Waals surface area (Å²) in [6.07, 6.45) is 2.91. The molecule has 6 rings (SSSR count). The Morgan fingerprint density at radius 3 is 2.39 bits per heavy atom. The van der Waals surface area contributed by atoms with Crippen LogP contribution in [-0.2, 0) is 20.7 Å². The van der Waals surface area contributed by atoms with E-state index in [1.165, 1.54) is 6.07 Å². The van der Waals surface area contributed by atoms with Crippen LogP contribution in [0.15, 0.2) is 66.7 Å². The number of aldehydes is 1. The molecule has 2 amide bonds. The molecule has 9 heteroatoms. The molecule has 3 aliphatic rings. The highest BCUT2D eigenvalue weighted by atomic mass is 35.5. The van der Waals surface area contributed by atoms with Gasteiger partial charge in [-0.1, -0.05) is 54.1 Å². The number of carbonyl (C=O) groups is 3. The lowest BCUT2D eigenvalue weighted by Gasteiger charge is -2.45. The van der Waals surface area contributed by atoms with E-state index in [1.54, 1.807) is 12.1 Å². The summed E-state index contributed by atoms with van der Waals surface area (Å²) in [5.74, 6) is -0.206. The number of rotatable bonds is 8. The van der Waals surface area contributed by atoms with Crippen LogP contribution < -0.4 is 10.6 Å². The third kappa shape index (κ3) is 5.60. The number of quaternary nitrogens is 1. The SMILES string of the molecule is C[N+]1(C)[C@@H]2C[C@@H](OC(=O)Nc3cc(CCC(=O)Nc4ccc(C=O)cc4Cl)ccc3-c3ccccc3)C[C@H]1[C@@H]1O[C@@H]12. The van der Waals surface area contributed by atoms with Gasteiger partial charge in [0.05, 0.1) is 30.5 Å². The largest absolute Gasteiger partial charge is 0.445 e. The number of hydrogen-bond donors (Lipinski definition) is 2. The minimum Gasteiger partial charge on any atom is -0.445 e. The van der Waals surface area contributed by atoms with Gasteiger partial charge < -0.3 is 19.3 Å². The number of fused-ring (bicyclic) bond motifs is 5. The molecule has 3 aliphatic heterocycles. The molecule has 0 unspecified atom stereocenters. The van der Waals surface area contributed by atoms with Crippen molar-refractivity contribution in [3.63, 3.8) is 0 Å². The number of epoxide rings is 1. The quantitative estimate of drug-likeness (QED) is 0.204. The van der Waals surface area contributed by atoms with Crippen molar-refractivity contribution in [1.82, 2.24) is 0 Å². The fourth-order valence-electron chi connectivity index (χ4n) is 6.49. The number of piperidine rings is 1. The van der Waals surface area contributed by atoms with E-state index in [0.717, 1.165) is 34.0 Å². The first-order valence-corrected chi connectivity index (χ1v) is 14.3. The summed E-state index contributed by atoms with van der Waals surface area (Å²) in [5.41, 5.74) is 4.25. The average molecular weight is 575 g/mol. The summed E-state index contributed by atoms with van der Waals surface area (Å²) in [6.45, 7) is 0. The Labute approximate surface area is 244 Å². The highest BCUT2D eigenvalue weighted by molar-refractivity contribution is 6.34. The average Bonchev–Trinajstić information content (AvgIpc) is 3.72. The van der Waals surface area contributed by atoms with Gasteiger partial charge in [0.25, 0.3) is 0 Å². The number of halogens is 1. The van der Waals surface area contributed by atoms with Gasteiger partial charge in [-0.25, -0.2) is 4.79 Å². The molecule has 212 valence electrons. The van der Waals surface area contributed by atoms with Crippen LogP contribution in [-0.4, -0.2) is 67.3 Å². The normalized spacial score (nSPS) is 25.1. The smallest absolute Gasteiger partial charge is 0.411 e. The lowest BCUT2D eigenvalue weighted by Crippen LogP contribution is -2.60. The topological polar surface area (TPSA) is 97.0 Å². The van der Waals surface area contributed by atoms with Crippen molar-refractivity contribution in [1.29, 1.82) is 0 Å². The molecule has 41 heavy (non-hydrogen) atoms. The van der Waals surface area contributed by atoms with Crippen LogP contribution >= 0.6 is 11.6 Å². The fraction of sp³-hybridized carbons (Fsp3) is 0.344. The highest BCUT2D eigenvalue weighted by Gasteiger charge is 2.70. The maximum absolute atomic E-state index is 13.1. The Kier molecular flexibility index (Phi) is 7.32. The number of amides is 2. The van der Waals surface area contributed by atoms with Crippen molar-refractivity contribution in [2.75, 3.05) is 24.7 Å². The van der Waals surface area contributed by atoms with E-state index >= 15 is 0 Å². The number of anilines is 2. The lowest BCUT2D eigenvalue weighted by atomic mass is 9.96. The first kappa shape index (κ1) is 27.4. The third-order valence-corrected chi connectivity index (χ3v) is 9.07. The second-order valence-corrected chi connectivity index (χ2v) is 12.0. The molecule has 3 saturated heterocycles. The van der Waals surface area contributed by atoms with E-state index in [0.29, 0.717) is 46.8 Å². The molecule has 0 spiro atoms. The molecule has 3 heterocycles. The molecule has 0 aliphatic carbocycles. The number of carbonyl (C=O) groups excluding carboxylic acids is 3. The van der Waals surface area contributed by atoms with Crippen LogP contribution in [0.1, 0.15) is 35.2 Å². The first-order valence-electron chi connectivity index (χ1n) is 13.9. The zero-order valence-electron chi connectivity index (χ0n) is 23.0. The summed E-state index contributed by atoms with van der Waals surface area (Å²) in [6, 6.07) is 21.1. The number of hydrogen-bond acceptors (Lipinski definition) is 5. The van der Waals surface area contributed by atoms with Crippen molar-refractivity contribution in [2.24, 2.45) is 0 Å². The zero-order chi connectivity index (χ0) is 28.7. The third-order valence-electron chi connectivity index (χ3n) is 8.76. The molecular formula is C32H33ClN3O5+. The van der Waals surface area contributed by atoms with E-state index in [4.69, 9.17) is 21.1 Å². The number of morpholine rings is 1. The predicted octanol–water partition coefficient (Wildman–Crippen LogP) is 5.70. The van der Waals surface area contributed by atoms with E-state index < -0.39 is 6.09 Å². The van der Waals surface area contributed by atoms with Crippen LogP contribution in [0.5, 0.6) is 0 Å². The Bertz CT molecular complexity index is 1470. The van der Waals surface area contributed by atoms with Gasteiger partial charge in [-0.3, -0.25) is 14.9 Å². The highest BCUT2D eigenvalue weighted by Crippen LogP contribution is 2.51. The summed E-state index contributed by atoms with van der Waals surface area (Å²) in [7, 11) is 4.49. The number of benzene rings is 3. The molecule has 2 bridgehead atoms. The van der Waals surface area contributed by atoms with Crippen molar-refractivity contribution in [3.8, 4) is 11.1 Å². The Hall–Kier alpha value is -3.72. The predicted molar refractivity (Wildman–Crippen MR) is 157 cm³/mol. The van der Waals surface area contributed by atoms with E-state index in [9.17, 15) is 14.4 Å². The lowest BCUT2D eigenvalue weighted by molar-refractivity contribution is -0.938. The van der Waals surface area contributed by atoms with Gasteiger partial charge in [-0.15, -0.1) is 0 Å². The molecule has 0 radical (unpaired) electrons. The summed E-state index contributed by atoms with van der Waals surface area (Å²) in [5, 5.41) is 6.09. The number of ether oxygens (including phenoxy) is 2. The van der Waals surface area contributed by atoms with Crippen molar-refractivity contribution in [2.45, 2.75) is 56.1 Å². The van der Waals surface area contributed by atoms with Gasteiger partial charge in [0, 0.05) is 30.4 Å². The van der Waals surface area contributed by atoms with Crippen molar-refractivity contribution >= 4 is 41.3 Å². The first-order chi connectivity index (χ1) is 19.7. The van der Waals surface area contributed by atoms with Crippen LogP contribution in [0.3, 0.4) is 0 Å². The monoisotopic (exact) mass is 574 g/mol. The number of nitrogens with one attached hydrogen (secondary N) is 2. The van der Waals surface area contributed by atoms with E-state index in [1.807, 2.05) is 48.5 Å². The van der Waals surface area contributed by atoms with Gasteiger partial charge in [-0.2, -0.15) is 0 Å². The number of aryl methyl sites for hydroxylation is 1. The molecule has 3 aromatic rings. The Morgan fingerprint density at radius 1 is 0.976 bits per heavy atom. The molecule has 2 N–H and O–H groups in total. The Balaban J connectivity index is 1.13. The van der Waals surface area contributed by atoms with E-state index in [-0.39, 0.29) is 30.6 Å². The van der Waals surface area contributed by atoms with Crippen LogP contribution in [0.4, 0.5) is 16.2 Å². The Morgan fingerprint density at radius 2 is 1.71 bits per heavy atom. The second kappa shape index (κ2) is 10.9. The minimum atomic E-state index is -0.475. The fourth-order valence-corrected chi connectivity index (χ4v) is 6.72. The van der Waals surface area contributed by atoms with Crippen LogP contribution in [0, 0.1) is 0 Å². The molecule has 5 atom stereocenters. The van der Waals surface area contributed by atoms with Gasteiger partial charge in [0.1, 0.15) is 36.7 Å². The maximum atomic E-state index is 13.1. The zero-order valence-corrected chi connectivity index (χ0v) is 23.8. The molecule has 0 aromatic heterocycles. The van der Waals surface area contributed by atoms with Crippen LogP contribution in [0.25, 0.3) is 11.1 Å². The van der Waals surface area contributed by atoms with Gasteiger partial charge in [0.2, 0.25) is 5.91 Å². The van der Waals surface area contributed by atoms with Gasteiger partial charge in [0.15, 0.2) is 0 Å². The molecule has 3 fully saturated rings. The van der Waals surface area contributed by atoms with Gasteiger partial charge in [-0.05, 0) is 41.8 Å². The second-order valence-electron chi connectivity index (χ2n) is 11.6. The summed E-state index contributed by atoms with van der Waals surface area (Å²) < 4.78 is 12.7. The maximum Gasteiger partial charge on any atom is 0.411 e.